The number of hydrogen-bond acceptors (Lipinski definition) is 4. The van der Waals surface area contributed by atoms with Crippen LogP contribution in [0.5, 0.6) is 0 Å². The van der Waals surface area contributed by atoms with E-state index in [4.69, 9.17) is 4.98 Å². The van der Waals surface area contributed by atoms with Crippen molar-refractivity contribution in [3.63, 3.8) is 0 Å². The number of fused-ring (bicyclic) bond motifs is 5. The Kier molecular flexibility index (Phi) is 3.25. The van der Waals surface area contributed by atoms with Crippen molar-refractivity contribution >= 4 is 16.9 Å². The van der Waals surface area contributed by atoms with Gasteiger partial charge in [0.25, 0.3) is 0 Å². The minimum Gasteiger partial charge on any atom is -0.355 e. The van der Waals surface area contributed by atoms with Crippen molar-refractivity contribution in [1.29, 1.82) is 0 Å². The van der Waals surface area contributed by atoms with Gasteiger partial charge >= 0.3 is 0 Å². The summed E-state index contributed by atoms with van der Waals surface area (Å²) in [4.78, 5) is 14.8. The zero-order valence-corrected chi connectivity index (χ0v) is 13.6. The van der Waals surface area contributed by atoms with Gasteiger partial charge in [-0.15, -0.1) is 0 Å². The van der Waals surface area contributed by atoms with Gasteiger partial charge in [0.15, 0.2) is 0 Å². The van der Waals surface area contributed by atoms with Crippen LogP contribution in [0.3, 0.4) is 0 Å². The molecule has 3 aliphatic heterocycles. The first-order valence-electron chi connectivity index (χ1n) is 9.07. The molecule has 2 bridgehead atoms. The van der Waals surface area contributed by atoms with Gasteiger partial charge in [0.1, 0.15) is 5.82 Å². The van der Waals surface area contributed by atoms with E-state index in [0.717, 1.165) is 47.8 Å². The number of piperidine rings is 3. The highest BCUT2D eigenvalue weighted by atomic mass is 15.3. The molecule has 0 amide bonds. The number of anilines is 1. The highest BCUT2D eigenvalue weighted by Gasteiger charge is 2.41. The van der Waals surface area contributed by atoms with Crippen molar-refractivity contribution in [2.75, 3.05) is 31.1 Å². The Hall–Kier alpha value is -1.68. The van der Waals surface area contributed by atoms with Crippen LogP contribution in [0.25, 0.3) is 11.0 Å². The Morgan fingerprint density at radius 2 is 1.91 bits per heavy atom. The number of para-hydroxylation sites is 2. The maximum absolute atomic E-state index is 4.88. The van der Waals surface area contributed by atoms with E-state index in [-0.39, 0.29) is 0 Å². The largest absolute Gasteiger partial charge is 0.355 e. The zero-order chi connectivity index (χ0) is 15.2. The van der Waals surface area contributed by atoms with Gasteiger partial charge in [-0.05, 0) is 49.8 Å². The van der Waals surface area contributed by atoms with E-state index < -0.39 is 0 Å². The summed E-state index contributed by atoms with van der Waals surface area (Å²) in [6.45, 7) is 4.92. The van der Waals surface area contributed by atoms with Crippen molar-refractivity contribution in [2.24, 2.45) is 11.8 Å². The second kappa shape index (κ2) is 5.45. The van der Waals surface area contributed by atoms with E-state index in [1.165, 1.54) is 38.8 Å². The fourth-order valence-electron chi connectivity index (χ4n) is 5.05. The highest BCUT2D eigenvalue weighted by Crippen LogP contribution is 2.38. The third kappa shape index (κ3) is 2.40. The Morgan fingerprint density at radius 1 is 1.00 bits per heavy atom. The van der Waals surface area contributed by atoms with Crippen LogP contribution in [-0.4, -0.2) is 47.1 Å². The standard InChI is InChI=1S/C19H24N4/c1-2-6-17-16(5-1)20-10-19(21-17)23-12-14-9-15(13-23)18-7-3-4-8-22(18)11-14/h1-2,5-6,10,14-15,18H,3-4,7-9,11-13H2/t14-,15-,18+/m1/s1. The molecular weight excluding hydrogens is 284 g/mol. The molecule has 4 heteroatoms. The van der Waals surface area contributed by atoms with Crippen LogP contribution in [0.1, 0.15) is 25.7 Å². The van der Waals surface area contributed by atoms with E-state index in [1.54, 1.807) is 0 Å². The van der Waals surface area contributed by atoms with Crippen molar-refractivity contribution in [1.82, 2.24) is 14.9 Å². The summed E-state index contributed by atoms with van der Waals surface area (Å²) in [5.41, 5.74) is 2.01. The molecule has 3 aliphatic rings. The molecule has 0 spiro atoms. The zero-order valence-electron chi connectivity index (χ0n) is 13.6. The molecular formula is C19H24N4. The number of benzene rings is 1. The lowest BCUT2D eigenvalue weighted by atomic mass is 9.76. The Labute approximate surface area is 137 Å². The lowest BCUT2D eigenvalue weighted by Crippen LogP contribution is -2.59. The molecule has 23 heavy (non-hydrogen) atoms. The molecule has 4 nitrogen and oxygen atoms in total. The Bertz CT molecular complexity index is 715. The maximum Gasteiger partial charge on any atom is 0.147 e. The SMILES string of the molecule is c1ccc2nc(N3C[C@@H]4C[C@H](C3)[C@@H]3CCCCN3C4)cnc2c1. The summed E-state index contributed by atoms with van der Waals surface area (Å²) in [7, 11) is 0. The summed E-state index contributed by atoms with van der Waals surface area (Å²) in [5.74, 6) is 2.69. The first kappa shape index (κ1) is 13.7. The van der Waals surface area contributed by atoms with Crippen molar-refractivity contribution in [2.45, 2.75) is 31.7 Å². The number of rotatable bonds is 1. The van der Waals surface area contributed by atoms with Crippen molar-refractivity contribution < 1.29 is 0 Å². The second-order valence-electron chi connectivity index (χ2n) is 7.54. The van der Waals surface area contributed by atoms with Crippen LogP contribution in [0.4, 0.5) is 5.82 Å². The first-order chi connectivity index (χ1) is 11.4. The van der Waals surface area contributed by atoms with Gasteiger partial charge < -0.3 is 4.90 Å². The molecule has 0 aliphatic carbocycles. The lowest BCUT2D eigenvalue weighted by molar-refractivity contribution is 0.0184. The van der Waals surface area contributed by atoms with Crippen LogP contribution in [-0.2, 0) is 0 Å². The molecule has 0 N–H and O–H groups in total. The van der Waals surface area contributed by atoms with Crippen LogP contribution >= 0.6 is 0 Å². The third-order valence-corrected chi connectivity index (χ3v) is 6.03. The minimum absolute atomic E-state index is 0.802. The molecule has 0 radical (unpaired) electrons. The van der Waals surface area contributed by atoms with Gasteiger partial charge in [0, 0.05) is 25.7 Å². The molecule has 0 saturated carbocycles. The number of aromatic nitrogens is 2. The van der Waals surface area contributed by atoms with E-state index >= 15 is 0 Å². The summed E-state index contributed by atoms with van der Waals surface area (Å²) in [6.07, 6.45) is 7.60. The molecule has 120 valence electrons. The van der Waals surface area contributed by atoms with E-state index in [9.17, 15) is 0 Å². The average molecular weight is 308 g/mol. The molecule has 4 heterocycles. The van der Waals surface area contributed by atoms with Crippen LogP contribution in [0, 0.1) is 11.8 Å². The van der Waals surface area contributed by atoms with E-state index in [0.29, 0.717) is 0 Å². The van der Waals surface area contributed by atoms with Gasteiger partial charge in [0.05, 0.1) is 17.2 Å². The lowest BCUT2D eigenvalue weighted by Gasteiger charge is -2.52. The van der Waals surface area contributed by atoms with Gasteiger partial charge in [-0.2, -0.15) is 0 Å². The molecule has 1 aromatic heterocycles. The summed E-state index contributed by atoms with van der Waals surface area (Å²) >= 11 is 0. The molecule has 5 rings (SSSR count). The highest BCUT2D eigenvalue weighted by molar-refractivity contribution is 5.75. The maximum atomic E-state index is 4.88. The molecule has 1 aromatic carbocycles. The van der Waals surface area contributed by atoms with Crippen LogP contribution in [0.15, 0.2) is 30.5 Å². The van der Waals surface area contributed by atoms with Crippen LogP contribution in [0.2, 0.25) is 0 Å². The molecule has 3 atom stereocenters. The average Bonchev–Trinajstić information content (AvgIpc) is 2.61. The number of hydrogen-bond donors (Lipinski definition) is 0. The molecule has 3 saturated heterocycles. The minimum atomic E-state index is 0.802. The summed E-state index contributed by atoms with van der Waals surface area (Å²) < 4.78 is 0. The molecule has 2 aromatic rings. The predicted octanol–water partition coefficient (Wildman–Crippen LogP) is 2.94. The van der Waals surface area contributed by atoms with E-state index in [2.05, 4.69) is 20.9 Å². The van der Waals surface area contributed by atoms with Crippen LogP contribution < -0.4 is 4.90 Å². The topological polar surface area (TPSA) is 32.3 Å². The van der Waals surface area contributed by atoms with Gasteiger partial charge in [0.2, 0.25) is 0 Å². The normalized spacial score (nSPS) is 31.1. The quantitative estimate of drug-likeness (QED) is 0.811. The Balaban J connectivity index is 1.43. The summed E-state index contributed by atoms with van der Waals surface area (Å²) in [5, 5.41) is 0. The second-order valence-corrected chi connectivity index (χ2v) is 7.54. The van der Waals surface area contributed by atoms with Gasteiger partial charge in [-0.1, -0.05) is 18.6 Å². The monoisotopic (exact) mass is 308 g/mol. The fraction of sp³-hybridized carbons (Fsp3) is 0.579. The predicted molar refractivity (Wildman–Crippen MR) is 92.6 cm³/mol. The first-order valence-corrected chi connectivity index (χ1v) is 9.07. The molecule has 3 fully saturated rings. The Morgan fingerprint density at radius 3 is 2.87 bits per heavy atom. The van der Waals surface area contributed by atoms with E-state index in [1.807, 2.05) is 24.4 Å². The smallest absolute Gasteiger partial charge is 0.147 e. The third-order valence-electron chi connectivity index (χ3n) is 6.03. The summed E-state index contributed by atoms with van der Waals surface area (Å²) in [6, 6.07) is 9.00. The fourth-order valence-corrected chi connectivity index (χ4v) is 5.05. The molecule has 0 unspecified atom stereocenters. The van der Waals surface area contributed by atoms with Gasteiger partial charge in [-0.25, -0.2) is 4.98 Å². The number of nitrogens with zero attached hydrogens (tertiary/aromatic N) is 4. The van der Waals surface area contributed by atoms with Crippen molar-refractivity contribution in [3.05, 3.63) is 30.5 Å². The van der Waals surface area contributed by atoms with Gasteiger partial charge in [-0.3, -0.25) is 9.88 Å². The van der Waals surface area contributed by atoms with Crippen molar-refractivity contribution in [3.8, 4) is 0 Å².